The lowest BCUT2D eigenvalue weighted by Gasteiger charge is -2.35. The van der Waals surface area contributed by atoms with Crippen LogP contribution < -0.4 is 5.32 Å². The Morgan fingerprint density at radius 2 is 2.23 bits per heavy atom. The smallest absolute Gasteiger partial charge is 0.336 e. The lowest BCUT2D eigenvalue weighted by molar-refractivity contribution is -0.169. The number of carbonyl (C=O) groups is 1. The lowest BCUT2D eigenvalue weighted by atomic mass is 10.1. The van der Waals surface area contributed by atoms with Gasteiger partial charge >= 0.3 is 5.97 Å². The highest BCUT2D eigenvalue weighted by Gasteiger charge is 2.32. The molecule has 0 bridgehead atoms. The first-order chi connectivity index (χ1) is 5.55. The number of carbonyl (C=O) groups excluding carboxylic acids is 1. The molecule has 1 fully saturated rings. The summed E-state index contributed by atoms with van der Waals surface area (Å²) in [6.07, 6.45) is -0.459. The molecule has 1 heterocycles. The Labute approximate surface area is 84.4 Å². The van der Waals surface area contributed by atoms with Crippen molar-refractivity contribution in [3.8, 4) is 0 Å². The quantitative estimate of drug-likeness (QED) is 0.634. The van der Waals surface area contributed by atoms with Crippen molar-refractivity contribution in [2.24, 2.45) is 0 Å². The maximum absolute atomic E-state index is 11.1. The number of esters is 1. The van der Waals surface area contributed by atoms with Gasteiger partial charge in [-0.1, -0.05) is 0 Å². The van der Waals surface area contributed by atoms with Gasteiger partial charge in [0.1, 0.15) is 0 Å². The molecule has 1 aliphatic rings. The van der Waals surface area contributed by atoms with E-state index in [0.29, 0.717) is 6.54 Å². The minimum atomic E-state index is -0.459. The van der Waals surface area contributed by atoms with Crippen molar-refractivity contribution in [2.45, 2.75) is 25.6 Å². The number of rotatable bonds is 1. The fraction of sp³-hybridized carbons (Fsp3) is 0.875. The van der Waals surface area contributed by atoms with Gasteiger partial charge in [0.2, 0.25) is 0 Å². The molecule has 0 amide bonds. The third-order valence-electron chi connectivity index (χ3n) is 1.81. The van der Waals surface area contributed by atoms with Crippen molar-refractivity contribution in [2.75, 3.05) is 20.2 Å². The van der Waals surface area contributed by atoms with Gasteiger partial charge in [-0.2, -0.15) is 0 Å². The predicted octanol–water partition coefficient (Wildman–Crippen LogP) is 0.348. The highest BCUT2D eigenvalue weighted by atomic mass is 35.5. The second-order valence-electron chi connectivity index (χ2n) is 3.52. The molecule has 0 radical (unpaired) electrons. The van der Waals surface area contributed by atoms with Gasteiger partial charge in [-0.3, -0.25) is 0 Å². The Balaban J connectivity index is 0.00000144. The molecule has 1 saturated heterocycles. The second kappa shape index (κ2) is 4.79. The molecular weight excluding hydrogens is 194 g/mol. The maximum atomic E-state index is 11.1. The van der Waals surface area contributed by atoms with Crippen molar-refractivity contribution in [3.63, 3.8) is 0 Å². The largest absolute Gasteiger partial charge is 0.467 e. The van der Waals surface area contributed by atoms with E-state index in [4.69, 9.17) is 4.74 Å². The van der Waals surface area contributed by atoms with Gasteiger partial charge in [-0.25, -0.2) is 4.79 Å². The molecule has 13 heavy (non-hydrogen) atoms. The number of halogens is 1. The SMILES string of the molecule is COC(=O)C1CNCC(C)(C)O1.Cl. The number of hydrogen-bond donors (Lipinski definition) is 1. The summed E-state index contributed by atoms with van der Waals surface area (Å²) in [5, 5.41) is 3.11. The van der Waals surface area contributed by atoms with E-state index in [1.807, 2.05) is 13.8 Å². The molecule has 0 aromatic heterocycles. The third-order valence-corrected chi connectivity index (χ3v) is 1.81. The van der Waals surface area contributed by atoms with E-state index in [9.17, 15) is 4.79 Å². The molecule has 4 nitrogen and oxygen atoms in total. The molecule has 78 valence electrons. The van der Waals surface area contributed by atoms with Crippen molar-refractivity contribution in [3.05, 3.63) is 0 Å². The summed E-state index contributed by atoms with van der Waals surface area (Å²) in [5.74, 6) is -0.310. The first-order valence-electron chi connectivity index (χ1n) is 4.01. The van der Waals surface area contributed by atoms with Crippen LogP contribution in [0.3, 0.4) is 0 Å². The van der Waals surface area contributed by atoms with Crippen molar-refractivity contribution < 1.29 is 14.3 Å². The molecule has 0 spiro atoms. The summed E-state index contributed by atoms with van der Waals surface area (Å²) in [4.78, 5) is 11.1. The molecule has 0 aromatic rings. The van der Waals surface area contributed by atoms with Crippen LogP contribution in [0.25, 0.3) is 0 Å². The van der Waals surface area contributed by atoms with Crippen LogP contribution in [0.2, 0.25) is 0 Å². The zero-order chi connectivity index (χ0) is 9.19. The minimum absolute atomic E-state index is 0. The number of morpholine rings is 1. The van der Waals surface area contributed by atoms with Gasteiger partial charge in [0.05, 0.1) is 12.7 Å². The molecule has 5 heteroatoms. The highest BCUT2D eigenvalue weighted by Crippen LogP contribution is 2.15. The molecule has 0 aromatic carbocycles. The molecule has 0 aliphatic carbocycles. The van der Waals surface area contributed by atoms with Crippen LogP contribution in [-0.2, 0) is 14.3 Å². The van der Waals surface area contributed by atoms with Gasteiger partial charge in [-0.05, 0) is 13.8 Å². The van der Waals surface area contributed by atoms with Crippen LogP contribution in [0.15, 0.2) is 0 Å². The summed E-state index contributed by atoms with van der Waals surface area (Å²) in [6, 6.07) is 0. The molecule has 0 saturated carbocycles. The predicted molar refractivity (Wildman–Crippen MR) is 51.1 cm³/mol. The average Bonchev–Trinajstić information content (AvgIpc) is 2.01. The fourth-order valence-electron chi connectivity index (χ4n) is 1.24. The summed E-state index contributed by atoms with van der Waals surface area (Å²) in [7, 11) is 1.37. The Bertz CT molecular complexity index is 184. The molecule has 1 atom stereocenters. The van der Waals surface area contributed by atoms with Crippen molar-refractivity contribution in [1.82, 2.24) is 5.32 Å². The van der Waals surface area contributed by atoms with Gasteiger partial charge in [0.25, 0.3) is 0 Å². The first-order valence-corrected chi connectivity index (χ1v) is 4.01. The minimum Gasteiger partial charge on any atom is -0.467 e. The van der Waals surface area contributed by atoms with Crippen LogP contribution in [0.5, 0.6) is 0 Å². The normalized spacial score (nSPS) is 25.9. The van der Waals surface area contributed by atoms with E-state index < -0.39 is 6.10 Å². The Morgan fingerprint density at radius 1 is 1.62 bits per heavy atom. The van der Waals surface area contributed by atoms with Crippen LogP contribution in [0.1, 0.15) is 13.8 Å². The van der Waals surface area contributed by atoms with E-state index >= 15 is 0 Å². The zero-order valence-electron chi connectivity index (χ0n) is 8.12. The summed E-state index contributed by atoms with van der Waals surface area (Å²) in [5.41, 5.74) is -0.281. The van der Waals surface area contributed by atoms with E-state index in [1.54, 1.807) is 0 Å². The number of ether oxygens (including phenoxy) is 2. The fourth-order valence-corrected chi connectivity index (χ4v) is 1.24. The topological polar surface area (TPSA) is 47.6 Å². The van der Waals surface area contributed by atoms with Crippen LogP contribution in [0.4, 0.5) is 0 Å². The Hall–Kier alpha value is -0.320. The van der Waals surface area contributed by atoms with Gasteiger partial charge < -0.3 is 14.8 Å². The summed E-state index contributed by atoms with van der Waals surface area (Å²) in [6.45, 7) is 5.18. The lowest BCUT2D eigenvalue weighted by Crippen LogP contribution is -2.53. The van der Waals surface area contributed by atoms with Gasteiger partial charge in [0, 0.05) is 13.1 Å². The zero-order valence-corrected chi connectivity index (χ0v) is 8.94. The molecule has 1 aliphatic heterocycles. The summed E-state index contributed by atoms with van der Waals surface area (Å²) < 4.78 is 10.1. The monoisotopic (exact) mass is 209 g/mol. The van der Waals surface area contributed by atoms with Crippen molar-refractivity contribution >= 4 is 18.4 Å². The Kier molecular flexibility index (Phi) is 4.67. The second-order valence-corrected chi connectivity index (χ2v) is 3.52. The average molecular weight is 210 g/mol. The van der Waals surface area contributed by atoms with E-state index in [0.717, 1.165) is 6.54 Å². The van der Waals surface area contributed by atoms with Crippen LogP contribution in [0, 0.1) is 0 Å². The molecule has 1 N–H and O–H groups in total. The standard InChI is InChI=1S/C8H15NO3.ClH/c1-8(2)5-9-4-6(12-8)7(10)11-3;/h6,9H,4-5H2,1-3H3;1H. The molecule has 1 unspecified atom stereocenters. The highest BCUT2D eigenvalue weighted by molar-refractivity contribution is 5.85. The van der Waals surface area contributed by atoms with E-state index in [1.165, 1.54) is 7.11 Å². The number of hydrogen-bond acceptors (Lipinski definition) is 4. The Morgan fingerprint density at radius 3 is 2.69 bits per heavy atom. The van der Waals surface area contributed by atoms with E-state index in [2.05, 4.69) is 10.1 Å². The van der Waals surface area contributed by atoms with E-state index in [-0.39, 0.29) is 24.0 Å². The van der Waals surface area contributed by atoms with Gasteiger partial charge in [-0.15, -0.1) is 12.4 Å². The first kappa shape index (κ1) is 12.7. The third kappa shape index (κ3) is 3.50. The maximum Gasteiger partial charge on any atom is 0.336 e. The van der Waals surface area contributed by atoms with Crippen LogP contribution >= 0.6 is 12.4 Å². The summed E-state index contributed by atoms with van der Waals surface area (Å²) >= 11 is 0. The van der Waals surface area contributed by atoms with Crippen LogP contribution in [-0.4, -0.2) is 37.9 Å². The van der Waals surface area contributed by atoms with Crippen molar-refractivity contribution in [1.29, 1.82) is 0 Å². The molecular formula is C8H16ClNO3. The van der Waals surface area contributed by atoms with Gasteiger partial charge in [0.15, 0.2) is 6.10 Å². The number of nitrogens with one attached hydrogen (secondary N) is 1. The number of methoxy groups -OCH3 is 1. The molecule has 1 rings (SSSR count).